The Labute approximate surface area is 139 Å². The summed E-state index contributed by atoms with van der Waals surface area (Å²) in [6.45, 7) is 1.60. The predicted molar refractivity (Wildman–Crippen MR) is 84.7 cm³/mol. The first-order chi connectivity index (χ1) is 10.7. The standard InChI is InChI=1S/C14H16ClN3O4S/c1-9-8-16-17(2)13(9)23(21,22)18(3)12(14(19)20)10-6-4-5-7-11(10)15/h4-8,12H,1-3H3,(H,19,20). The van der Waals surface area contributed by atoms with Crippen molar-refractivity contribution in [2.75, 3.05) is 7.05 Å². The molecule has 0 spiro atoms. The molecule has 2 rings (SSSR count). The Morgan fingerprint density at radius 1 is 1.39 bits per heavy atom. The van der Waals surface area contributed by atoms with Crippen LogP contribution in [-0.4, -0.2) is 40.6 Å². The third kappa shape index (κ3) is 3.10. The summed E-state index contributed by atoms with van der Waals surface area (Å²) in [5, 5.41) is 13.6. The zero-order valence-electron chi connectivity index (χ0n) is 12.8. The van der Waals surface area contributed by atoms with Gasteiger partial charge in [-0.2, -0.15) is 9.40 Å². The molecule has 1 atom stereocenters. The van der Waals surface area contributed by atoms with Crippen molar-refractivity contribution in [3.05, 3.63) is 46.6 Å². The van der Waals surface area contributed by atoms with Crippen LogP contribution in [-0.2, 0) is 21.9 Å². The molecule has 0 saturated carbocycles. The molecule has 0 fully saturated rings. The fraction of sp³-hybridized carbons (Fsp3) is 0.286. The van der Waals surface area contributed by atoms with Gasteiger partial charge in [-0.05, 0) is 13.0 Å². The van der Waals surface area contributed by atoms with E-state index in [2.05, 4.69) is 5.10 Å². The van der Waals surface area contributed by atoms with E-state index in [0.29, 0.717) is 5.56 Å². The molecule has 0 aliphatic carbocycles. The molecule has 9 heteroatoms. The monoisotopic (exact) mass is 357 g/mol. The first-order valence-electron chi connectivity index (χ1n) is 6.61. The van der Waals surface area contributed by atoms with E-state index in [4.69, 9.17) is 11.6 Å². The minimum absolute atomic E-state index is 0.0571. The first kappa shape index (κ1) is 17.5. The normalized spacial score (nSPS) is 13.3. The summed E-state index contributed by atoms with van der Waals surface area (Å²) in [5.41, 5.74) is 0.634. The van der Waals surface area contributed by atoms with Crippen molar-refractivity contribution in [1.29, 1.82) is 0 Å². The van der Waals surface area contributed by atoms with E-state index >= 15 is 0 Å². The van der Waals surface area contributed by atoms with Crippen molar-refractivity contribution in [3.63, 3.8) is 0 Å². The first-order valence-corrected chi connectivity index (χ1v) is 8.43. The number of carbonyl (C=O) groups is 1. The van der Waals surface area contributed by atoms with Crippen LogP contribution in [0.3, 0.4) is 0 Å². The van der Waals surface area contributed by atoms with Crippen LogP contribution in [0.25, 0.3) is 0 Å². The molecule has 0 saturated heterocycles. The predicted octanol–water partition coefficient (Wildman–Crippen LogP) is 1.83. The highest BCUT2D eigenvalue weighted by Gasteiger charge is 2.37. The lowest BCUT2D eigenvalue weighted by Crippen LogP contribution is -2.37. The van der Waals surface area contributed by atoms with Crippen molar-refractivity contribution in [2.45, 2.75) is 18.0 Å². The number of halogens is 1. The fourth-order valence-corrected chi connectivity index (χ4v) is 4.20. The summed E-state index contributed by atoms with van der Waals surface area (Å²) in [6, 6.07) is 4.81. The van der Waals surface area contributed by atoms with Gasteiger partial charge in [-0.1, -0.05) is 29.8 Å². The van der Waals surface area contributed by atoms with Crippen LogP contribution in [0.15, 0.2) is 35.5 Å². The van der Waals surface area contributed by atoms with Gasteiger partial charge in [0.25, 0.3) is 10.0 Å². The number of nitrogens with zero attached hydrogens (tertiary/aromatic N) is 3. The van der Waals surface area contributed by atoms with Gasteiger partial charge >= 0.3 is 5.97 Å². The quantitative estimate of drug-likeness (QED) is 0.881. The van der Waals surface area contributed by atoms with Crippen LogP contribution in [0.2, 0.25) is 5.02 Å². The van der Waals surface area contributed by atoms with Crippen LogP contribution in [0.1, 0.15) is 17.2 Å². The smallest absolute Gasteiger partial charge is 0.326 e. The second-order valence-electron chi connectivity index (χ2n) is 5.04. The summed E-state index contributed by atoms with van der Waals surface area (Å²) in [4.78, 5) is 11.7. The Morgan fingerprint density at radius 2 is 2.00 bits per heavy atom. The minimum atomic E-state index is -4.07. The number of sulfonamides is 1. The summed E-state index contributed by atoms with van der Waals surface area (Å²) >= 11 is 6.04. The number of aliphatic carboxylic acids is 1. The summed E-state index contributed by atoms with van der Waals surface area (Å²) in [7, 11) is -1.37. The molecule has 7 nitrogen and oxygen atoms in total. The molecule has 1 aromatic heterocycles. The molecule has 1 unspecified atom stereocenters. The van der Waals surface area contributed by atoms with Gasteiger partial charge in [0.05, 0.1) is 6.20 Å². The highest BCUT2D eigenvalue weighted by atomic mass is 35.5. The van der Waals surface area contributed by atoms with Gasteiger partial charge in [-0.15, -0.1) is 0 Å². The van der Waals surface area contributed by atoms with Crippen molar-refractivity contribution in [2.24, 2.45) is 7.05 Å². The summed E-state index contributed by atoms with van der Waals surface area (Å²) in [6.07, 6.45) is 1.41. The van der Waals surface area contributed by atoms with E-state index < -0.39 is 22.0 Å². The average Bonchev–Trinajstić information content (AvgIpc) is 2.80. The third-order valence-corrected chi connectivity index (χ3v) is 5.86. The molecule has 2 aromatic rings. The number of benzene rings is 1. The molecule has 0 aliphatic heterocycles. The molecule has 0 amide bonds. The van der Waals surface area contributed by atoms with E-state index in [1.54, 1.807) is 19.1 Å². The zero-order valence-corrected chi connectivity index (χ0v) is 14.3. The largest absolute Gasteiger partial charge is 0.480 e. The van der Waals surface area contributed by atoms with Crippen molar-refractivity contribution in [3.8, 4) is 0 Å². The lowest BCUT2D eigenvalue weighted by atomic mass is 10.1. The molecular weight excluding hydrogens is 342 g/mol. The Kier molecular flexibility index (Phi) is 4.79. The SMILES string of the molecule is Cc1cnn(C)c1S(=O)(=O)N(C)C(C(=O)O)c1ccccc1Cl. The fourth-order valence-electron chi connectivity index (χ4n) is 2.36. The number of carboxylic acid groups (broad SMARTS) is 1. The molecule has 0 aliphatic rings. The average molecular weight is 358 g/mol. The van der Waals surface area contributed by atoms with Crippen molar-refractivity contribution < 1.29 is 18.3 Å². The van der Waals surface area contributed by atoms with Gasteiger partial charge < -0.3 is 5.11 Å². The van der Waals surface area contributed by atoms with Crippen LogP contribution in [0.4, 0.5) is 0 Å². The van der Waals surface area contributed by atoms with E-state index in [1.807, 2.05) is 0 Å². The van der Waals surface area contributed by atoms with E-state index in [0.717, 1.165) is 4.31 Å². The molecule has 1 N–H and O–H groups in total. The highest BCUT2D eigenvalue weighted by molar-refractivity contribution is 7.89. The summed E-state index contributed by atoms with van der Waals surface area (Å²) < 4.78 is 27.6. The maximum Gasteiger partial charge on any atom is 0.326 e. The number of carboxylic acids is 1. The molecule has 1 aromatic carbocycles. The molecule has 0 radical (unpaired) electrons. The van der Waals surface area contributed by atoms with Crippen LogP contribution >= 0.6 is 11.6 Å². The van der Waals surface area contributed by atoms with E-state index in [-0.39, 0.29) is 15.6 Å². The van der Waals surface area contributed by atoms with E-state index in [9.17, 15) is 18.3 Å². The number of aromatic nitrogens is 2. The molecular formula is C14H16ClN3O4S. The second kappa shape index (κ2) is 6.31. The zero-order chi connectivity index (χ0) is 17.4. The topological polar surface area (TPSA) is 92.5 Å². The molecule has 0 bridgehead atoms. The lowest BCUT2D eigenvalue weighted by molar-refractivity contribution is -0.141. The number of likely N-dealkylation sites (N-methyl/N-ethyl adjacent to an activating group) is 1. The Bertz CT molecular complexity index is 828. The van der Waals surface area contributed by atoms with Gasteiger partial charge in [0.2, 0.25) is 0 Å². The van der Waals surface area contributed by atoms with Gasteiger partial charge in [-0.25, -0.2) is 8.42 Å². The minimum Gasteiger partial charge on any atom is -0.480 e. The van der Waals surface area contributed by atoms with Crippen LogP contribution < -0.4 is 0 Å². The van der Waals surface area contributed by atoms with E-state index in [1.165, 1.54) is 37.1 Å². The van der Waals surface area contributed by atoms with Crippen LogP contribution in [0.5, 0.6) is 0 Å². The molecule has 23 heavy (non-hydrogen) atoms. The summed E-state index contributed by atoms with van der Waals surface area (Å²) in [5.74, 6) is -1.32. The van der Waals surface area contributed by atoms with Gasteiger partial charge in [0.1, 0.15) is 6.04 Å². The second-order valence-corrected chi connectivity index (χ2v) is 7.36. The van der Waals surface area contributed by atoms with Gasteiger partial charge in [0.15, 0.2) is 5.03 Å². The molecule has 1 heterocycles. The number of hydrogen-bond acceptors (Lipinski definition) is 4. The van der Waals surface area contributed by atoms with Gasteiger partial charge in [-0.3, -0.25) is 9.48 Å². The number of aryl methyl sites for hydroxylation is 2. The molecule has 124 valence electrons. The highest BCUT2D eigenvalue weighted by Crippen LogP contribution is 2.31. The Morgan fingerprint density at radius 3 is 2.48 bits per heavy atom. The van der Waals surface area contributed by atoms with Crippen molar-refractivity contribution in [1.82, 2.24) is 14.1 Å². The Balaban J connectivity index is 2.57. The van der Waals surface area contributed by atoms with Crippen LogP contribution in [0, 0.1) is 6.92 Å². The lowest BCUT2D eigenvalue weighted by Gasteiger charge is -2.25. The third-order valence-electron chi connectivity index (χ3n) is 3.48. The van der Waals surface area contributed by atoms with Crippen molar-refractivity contribution >= 4 is 27.6 Å². The number of hydrogen-bond donors (Lipinski definition) is 1. The Hall–Kier alpha value is -1.90. The number of rotatable bonds is 5. The maximum absolute atomic E-state index is 12.8. The maximum atomic E-state index is 12.8. The van der Waals surface area contributed by atoms with Gasteiger partial charge in [0, 0.05) is 30.2 Å².